The Morgan fingerprint density at radius 3 is 2.30 bits per heavy atom. The van der Waals surface area contributed by atoms with Crippen LogP contribution in [0.15, 0.2) is 12.1 Å². The van der Waals surface area contributed by atoms with Crippen LogP contribution in [0.1, 0.15) is 71.7 Å². The predicted octanol–water partition coefficient (Wildman–Crippen LogP) is 3.39. The largest absolute Gasteiger partial charge is 0.497 e. The number of rotatable bonds is 3. The van der Waals surface area contributed by atoms with E-state index in [0.717, 1.165) is 0 Å². The van der Waals surface area contributed by atoms with Crippen LogP contribution in [0, 0.1) is 11.6 Å². The van der Waals surface area contributed by atoms with Crippen LogP contribution in [0.4, 0.5) is 13.6 Å². The summed E-state index contributed by atoms with van der Waals surface area (Å²) in [5.41, 5.74) is -2.57. The molecule has 1 aromatic carbocycles. The van der Waals surface area contributed by atoms with Crippen molar-refractivity contribution in [3.63, 3.8) is 0 Å². The lowest BCUT2D eigenvalue weighted by molar-refractivity contribution is 0.00578. The minimum Gasteiger partial charge on any atom is -0.444 e. The molecule has 2 aliphatic rings. The highest BCUT2D eigenvalue weighted by Crippen LogP contribution is 2.36. The number of amides is 2. The zero-order chi connectivity index (χ0) is 24.8. The number of hydrogen-bond donors (Lipinski definition) is 1. The van der Waals surface area contributed by atoms with Crippen molar-refractivity contribution in [2.24, 2.45) is 0 Å². The fraction of sp³-hybridized carbons (Fsp3) is 0.652. The van der Waals surface area contributed by atoms with E-state index >= 15 is 0 Å². The Kier molecular flexibility index (Phi) is 6.83. The Labute approximate surface area is 194 Å². The van der Waals surface area contributed by atoms with Gasteiger partial charge in [-0.15, -0.1) is 0 Å². The molecule has 0 saturated carbocycles. The standard InChI is InChI=1S/C23H33BF2N2O5/c1-21(2,3)31-20(30)28-12-8-9-14(13-28)27-19(29)15-10-11-16(18(26)17(15)25)24-32-22(4,5)23(6,7)33-24/h10-11,14H,8-9,12-13H2,1-7H3,(H,27,29)/t14-/m1/s1. The number of likely N-dealkylation sites (tertiary alicyclic amines) is 1. The Hall–Kier alpha value is -2.20. The third-order valence-electron chi connectivity index (χ3n) is 6.27. The van der Waals surface area contributed by atoms with Gasteiger partial charge in [-0.1, -0.05) is 6.07 Å². The number of ether oxygens (including phenoxy) is 1. The molecule has 2 aliphatic heterocycles. The molecule has 2 heterocycles. The van der Waals surface area contributed by atoms with Crippen LogP contribution in [0.5, 0.6) is 0 Å². The monoisotopic (exact) mass is 466 g/mol. The minimum atomic E-state index is -1.26. The van der Waals surface area contributed by atoms with Crippen LogP contribution >= 0.6 is 0 Å². The number of hydrogen-bond acceptors (Lipinski definition) is 5. The number of nitrogens with one attached hydrogen (secondary N) is 1. The van der Waals surface area contributed by atoms with Gasteiger partial charge in [0.05, 0.1) is 16.8 Å². The molecule has 1 N–H and O–H groups in total. The van der Waals surface area contributed by atoms with E-state index in [1.165, 1.54) is 17.0 Å². The maximum Gasteiger partial charge on any atom is 0.497 e. The van der Waals surface area contributed by atoms with Crippen molar-refractivity contribution in [2.45, 2.75) is 84.2 Å². The van der Waals surface area contributed by atoms with Crippen LogP contribution in [0.3, 0.4) is 0 Å². The fourth-order valence-corrected chi connectivity index (χ4v) is 3.74. The van der Waals surface area contributed by atoms with Crippen LogP contribution in [0.25, 0.3) is 0 Å². The molecule has 1 atom stereocenters. The van der Waals surface area contributed by atoms with E-state index in [4.69, 9.17) is 14.0 Å². The Morgan fingerprint density at radius 2 is 1.73 bits per heavy atom. The topological polar surface area (TPSA) is 77.1 Å². The van der Waals surface area contributed by atoms with Gasteiger partial charge in [0.2, 0.25) is 0 Å². The molecular formula is C23H33BF2N2O5. The van der Waals surface area contributed by atoms with Crippen molar-refractivity contribution in [1.29, 1.82) is 0 Å². The van der Waals surface area contributed by atoms with Crippen LogP contribution in [0.2, 0.25) is 0 Å². The normalized spacial score (nSPS) is 22.3. The molecule has 0 radical (unpaired) electrons. The summed E-state index contributed by atoms with van der Waals surface area (Å²) in [6.07, 6.45) is 0.800. The number of carbonyl (C=O) groups excluding carboxylic acids is 2. The van der Waals surface area contributed by atoms with Gasteiger partial charge in [0.1, 0.15) is 5.60 Å². The van der Waals surface area contributed by atoms with Gasteiger partial charge in [-0.05, 0) is 67.4 Å². The van der Waals surface area contributed by atoms with Crippen molar-refractivity contribution in [3.05, 3.63) is 29.3 Å². The second kappa shape index (κ2) is 8.87. The van der Waals surface area contributed by atoms with Crippen molar-refractivity contribution in [1.82, 2.24) is 10.2 Å². The summed E-state index contributed by atoms with van der Waals surface area (Å²) in [5.74, 6) is -3.19. The quantitative estimate of drug-likeness (QED) is 0.692. The number of piperidine rings is 1. The van der Waals surface area contributed by atoms with Gasteiger partial charge in [0.25, 0.3) is 5.91 Å². The van der Waals surface area contributed by atoms with E-state index < -0.39 is 59.2 Å². The summed E-state index contributed by atoms with van der Waals surface area (Å²) in [5, 5.41) is 2.71. The van der Waals surface area contributed by atoms with E-state index in [2.05, 4.69) is 5.32 Å². The number of benzene rings is 1. The second-order valence-corrected chi connectivity index (χ2v) is 10.7. The highest BCUT2D eigenvalue weighted by atomic mass is 19.2. The van der Waals surface area contributed by atoms with Gasteiger partial charge >= 0.3 is 13.2 Å². The lowest BCUT2D eigenvalue weighted by Crippen LogP contribution is -2.50. The van der Waals surface area contributed by atoms with Crippen molar-refractivity contribution < 1.29 is 32.4 Å². The van der Waals surface area contributed by atoms with Crippen LogP contribution in [-0.2, 0) is 14.0 Å². The van der Waals surface area contributed by atoms with Crippen LogP contribution in [-0.4, -0.2) is 60.0 Å². The maximum absolute atomic E-state index is 14.9. The van der Waals surface area contributed by atoms with E-state index in [-0.39, 0.29) is 12.0 Å². The summed E-state index contributed by atoms with van der Waals surface area (Å²) in [6.45, 7) is 13.3. The van der Waals surface area contributed by atoms with Crippen molar-refractivity contribution in [3.8, 4) is 0 Å². The number of halogens is 2. The van der Waals surface area contributed by atoms with Gasteiger partial charge in [-0.2, -0.15) is 0 Å². The first-order valence-corrected chi connectivity index (χ1v) is 11.2. The molecule has 0 unspecified atom stereocenters. The minimum absolute atomic E-state index is 0.100. The van der Waals surface area contributed by atoms with Crippen molar-refractivity contribution in [2.75, 3.05) is 13.1 Å². The van der Waals surface area contributed by atoms with E-state index in [9.17, 15) is 18.4 Å². The summed E-state index contributed by atoms with van der Waals surface area (Å²) in [6, 6.07) is 2.13. The summed E-state index contributed by atoms with van der Waals surface area (Å²) in [7, 11) is -1.08. The first kappa shape index (κ1) is 25.4. The second-order valence-electron chi connectivity index (χ2n) is 10.7. The van der Waals surface area contributed by atoms with Crippen molar-refractivity contribution >= 4 is 24.6 Å². The molecule has 2 fully saturated rings. The number of nitrogens with zero attached hydrogens (tertiary/aromatic N) is 1. The lowest BCUT2D eigenvalue weighted by Gasteiger charge is -2.34. The summed E-state index contributed by atoms with van der Waals surface area (Å²) in [4.78, 5) is 26.6. The molecular weight excluding hydrogens is 433 g/mol. The maximum atomic E-state index is 14.9. The first-order chi connectivity index (χ1) is 15.1. The van der Waals surface area contributed by atoms with E-state index in [1.54, 1.807) is 20.8 Å². The van der Waals surface area contributed by atoms with Gasteiger partial charge < -0.3 is 24.3 Å². The van der Waals surface area contributed by atoms with Gasteiger partial charge in [-0.25, -0.2) is 13.6 Å². The van der Waals surface area contributed by atoms with E-state index in [1.807, 2.05) is 27.7 Å². The van der Waals surface area contributed by atoms with Crippen LogP contribution < -0.4 is 10.8 Å². The Morgan fingerprint density at radius 1 is 1.12 bits per heavy atom. The molecule has 2 amide bonds. The number of carbonyl (C=O) groups is 2. The lowest BCUT2D eigenvalue weighted by atomic mass is 9.78. The molecule has 0 aromatic heterocycles. The average Bonchev–Trinajstić information content (AvgIpc) is 2.89. The van der Waals surface area contributed by atoms with Gasteiger partial charge in [0, 0.05) is 24.6 Å². The molecule has 0 aliphatic carbocycles. The fourth-order valence-electron chi connectivity index (χ4n) is 3.74. The molecule has 0 spiro atoms. The summed E-state index contributed by atoms with van der Waals surface area (Å²) < 4.78 is 46.7. The molecule has 0 bridgehead atoms. The highest BCUT2D eigenvalue weighted by molar-refractivity contribution is 6.62. The third kappa shape index (κ3) is 5.49. The molecule has 10 heteroatoms. The highest BCUT2D eigenvalue weighted by Gasteiger charge is 2.52. The molecule has 3 rings (SSSR count). The summed E-state index contributed by atoms with van der Waals surface area (Å²) >= 11 is 0. The third-order valence-corrected chi connectivity index (χ3v) is 6.27. The van der Waals surface area contributed by atoms with Gasteiger partial charge in [0.15, 0.2) is 11.6 Å². The molecule has 33 heavy (non-hydrogen) atoms. The Bertz CT molecular complexity index is 916. The zero-order valence-electron chi connectivity index (χ0n) is 20.4. The van der Waals surface area contributed by atoms with Gasteiger partial charge in [-0.3, -0.25) is 4.79 Å². The SMILES string of the molecule is CC(C)(C)OC(=O)N1CCC[C@@H](NC(=O)c2ccc(B3OC(C)(C)C(C)(C)O3)c(F)c2F)C1. The molecule has 7 nitrogen and oxygen atoms in total. The van der Waals surface area contributed by atoms with E-state index in [0.29, 0.717) is 19.4 Å². The molecule has 1 aromatic rings. The first-order valence-electron chi connectivity index (χ1n) is 11.2. The molecule has 182 valence electrons. The average molecular weight is 466 g/mol. The predicted molar refractivity (Wildman–Crippen MR) is 120 cm³/mol. The zero-order valence-corrected chi connectivity index (χ0v) is 20.4. The molecule has 2 saturated heterocycles. The smallest absolute Gasteiger partial charge is 0.444 e. The Balaban J connectivity index is 1.70.